The van der Waals surface area contributed by atoms with Gasteiger partial charge in [-0.2, -0.15) is 0 Å². The highest BCUT2D eigenvalue weighted by Crippen LogP contribution is 2.25. The van der Waals surface area contributed by atoms with Crippen molar-refractivity contribution in [1.82, 2.24) is 0 Å². The van der Waals surface area contributed by atoms with Crippen LogP contribution in [-0.2, 0) is 4.79 Å². The second-order valence-electron chi connectivity index (χ2n) is 3.56. The van der Waals surface area contributed by atoms with Crippen molar-refractivity contribution in [2.45, 2.75) is 0 Å². The molecule has 0 saturated heterocycles. The van der Waals surface area contributed by atoms with E-state index < -0.39 is 0 Å². The zero-order valence-corrected chi connectivity index (χ0v) is 8.39. The van der Waals surface area contributed by atoms with Crippen LogP contribution in [0.5, 0.6) is 0 Å². The Balaban J connectivity index is 2.36. The second-order valence-corrected chi connectivity index (χ2v) is 3.56. The van der Waals surface area contributed by atoms with Crippen LogP contribution >= 0.6 is 0 Å². The number of hydrogen-bond acceptors (Lipinski definition) is 1. The van der Waals surface area contributed by atoms with Crippen LogP contribution in [0, 0.1) is 5.92 Å². The van der Waals surface area contributed by atoms with Crippen LogP contribution in [0.4, 0.5) is 0 Å². The van der Waals surface area contributed by atoms with E-state index in [-0.39, 0.29) is 5.92 Å². The lowest BCUT2D eigenvalue weighted by Gasteiger charge is -2.13. The summed E-state index contributed by atoms with van der Waals surface area (Å²) in [5.41, 5.74) is 3.07. The standard InChI is InChI=1S/C14H12O/c1-11-7-8-13(9-14(11)10-15)12-5-3-2-4-6-12/h2-10,14H,1H2. The molecule has 0 heterocycles. The summed E-state index contributed by atoms with van der Waals surface area (Å²) in [5.74, 6) is -0.176. The number of rotatable bonds is 2. The van der Waals surface area contributed by atoms with Crippen molar-refractivity contribution >= 4 is 11.9 Å². The van der Waals surface area contributed by atoms with Crippen LogP contribution in [0.1, 0.15) is 5.56 Å². The first kappa shape index (κ1) is 9.66. The smallest absolute Gasteiger partial charge is 0.131 e. The van der Waals surface area contributed by atoms with Crippen LogP contribution < -0.4 is 0 Å². The molecule has 0 amide bonds. The highest BCUT2D eigenvalue weighted by Gasteiger charge is 2.12. The summed E-state index contributed by atoms with van der Waals surface area (Å²) >= 11 is 0. The molecule has 1 aromatic rings. The van der Waals surface area contributed by atoms with Gasteiger partial charge in [-0.15, -0.1) is 0 Å². The Labute approximate surface area is 89.4 Å². The van der Waals surface area contributed by atoms with Gasteiger partial charge in [0.1, 0.15) is 6.29 Å². The summed E-state index contributed by atoms with van der Waals surface area (Å²) in [6, 6.07) is 10.0. The maximum atomic E-state index is 10.8. The summed E-state index contributed by atoms with van der Waals surface area (Å²) in [4.78, 5) is 10.8. The van der Waals surface area contributed by atoms with Gasteiger partial charge in [0.25, 0.3) is 0 Å². The van der Waals surface area contributed by atoms with E-state index >= 15 is 0 Å². The first-order valence-electron chi connectivity index (χ1n) is 4.90. The van der Waals surface area contributed by atoms with Crippen molar-refractivity contribution in [2.24, 2.45) is 5.92 Å². The molecular weight excluding hydrogens is 184 g/mol. The van der Waals surface area contributed by atoms with E-state index in [4.69, 9.17) is 0 Å². The van der Waals surface area contributed by atoms with Gasteiger partial charge in [0, 0.05) is 0 Å². The maximum Gasteiger partial charge on any atom is 0.131 e. The fraction of sp³-hybridized carbons (Fsp3) is 0.0714. The van der Waals surface area contributed by atoms with Gasteiger partial charge in [-0.1, -0.05) is 55.1 Å². The largest absolute Gasteiger partial charge is 0.302 e. The molecule has 0 saturated carbocycles. The Morgan fingerprint density at radius 1 is 1.13 bits per heavy atom. The molecule has 1 nitrogen and oxygen atoms in total. The Morgan fingerprint density at radius 2 is 1.87 bits per heavy atom. The molecule has 1 aromatic carbocycles. The lowest BCUT2D eigenvalue weighted by atomic mass is 9.90. The molecule has 0 aliphatic heterocycles. The third kappa shape index (κ3) is 1.96. The second kappa shape index (κ2) is 4.09. The minimum absolute atomic E-state index is 0.176. The molecule has 0 bridgehead atoms. The van der Waals surface area contributed by atoms with Crippen molar-refractivity contribution in [3.63, 3.8) is 0 Å². The van der Waals surface area contributed by atoms with Gasteiger partial charge in [0.05, 0.1) is 5.92 Å². The van der Waals surface area contributed by atoms with E-state index in [0.29, 0.717) is 0 Å². The van der Waals surface area contributed by atoms with Crippen LogP contribution in [0.15, 0.2) is 60.7 Å². The minimum Gasteiger partial charge on any atom is -0.302 e. The summed E-state index contributed by atoms with van der Waals surface area (Å²) in [7, 11) is 0. The van der Waals surface area contributed by atoms with Gasteiger partial charge in [0.15, 0.2) is 0 Å². The molecule has 1 atom stereocenters. The molecule has 1 unspecified atom stereocenters. The van der Waals surface area contributed by atoms with E-state index in [0.717, 1.165) is 23.0 Å². The average Bonchev–Trinajstić information content (AvgIpc) is 2.31. The molecule has 2 rings (SSSR count). The third-order valence-corrected chi connectivity index (χ3v) is 2.52. The van der Waals surface area contributed by atoms with Crippen molar-refractivity contribution in [3.05, 3.63) is 66.3 Å². The molecule has 15 heavy (non-hydrogen) atoms. The summed E-state index contributed by atoms with van der Waals surface area (Å²) in [6.45, 7) is 3.83. The zero-order valence-electron chi connectivity index (χ0n) is 8.39. The van der Waals surface area contributed by atoms with Gasteiger partial charge in [-0.05, 0) is 16.7 Å². The quantitative estimate of drug-likeness (QED) is 0.664. The number of allylic oxidation sites excluding steroid dienone is 5. The van der Waals surface area contributed by atoms with E-state index in [9.17, 15) is 4.79 Å². The number of hydrogen-bond donors (Lipinski definition) is 0. The molecule has 0 aromatic heterocycles. The van der Waals surface area contributed by atoms with E-state index in [1.165, 1.54) is 0 Å². The molecule has 0 N–H and O–H groups in total. The summed E-state index contributed by atoms with van der Waals surface area (Å²) in [5, 5.41) is 0. The van der Waals surface area contributed by atoms with Crippen LogP contribution in [-0.4, -0.2) is 6.29 Å². The lowest BCUT2D eigenvalue weighted by molar-refractivity contribution is -0.109. The fourth-order valence-electron chi connectivity index (χ4n) is 1.61. The minimum atomic E-state index is -0.176. The van der Waals surface area contributed by atoms with Gasteiger partial charge in [-0.25, -0.2) is 0 Å². The number of benzene rings is 1. The van der Waals surface area contributed by atoms with Gasteiger partial charge in [-0.3, -0.25) is 0 Å². The molecule has 0 fully saturated rings. The highest BCUT2D eigenvalue weighted by molar-refractivity contribution is 5.81. The Bertz CT molecular complexity index is 438. The number of aldehydes is 1. The summed E-state index contributed by atoms with van der Waals surface area (Å²) in [6.07, 6.45) is 6.78. The lowest BCUT2D eigenvalue weighted by Crippen LogP contribution is -2.04. The average molecular weight is 196 g/mol. The van der Waals surface area contributed by atoms with E-state index in [2.05, 4.69) is 6.58 Å². The molecule has 1 aliphatic rings. The molecule has 1 aliphatic carbocycles. The van der Waals surface area contributed by atoms with E-state index in [1.54, 1.807) is 0 Å². The molecule has 74 valence electrons. The van der Waals surface area contributed by atoms with Crippen molar-refractivity contribution in [1.29, 1.82) is 0 Å². The highest BCUT2D eigenvalue weighted by atomic mass is 16.1. The zero-order chi connectivity index (χ0) is 10.7. The summed E-state index contributed by atoms with van der Waals surface area (Å²) < 4.78 is 0. The predicted molar refractivity (Wildman–Crippen MR) is 62.3 cm³/mol. The van der Waals surface area contributed by atoms with Gasteiger partial charge in [0.2, 0.25) is 0 Å². The first-order valence-corrected chi connectivity index (χ1v) is 4.90. The molecular formula is C14H12O. The number of carbonyl (C=O) groups excluding carboxylic acids is 1. The van der Waals surface area contributed by atoms with Crippen molar-refractivity contribution < 1.29 is 4.79 Å². The predicted octanol–water partition coefficient (Wildman–Crippen LogP) is 3.01. The molecule has 0 radical (unpaired) electrons. The normalized spacial score (nSPS) is 19.9. The molecule has 1 heteroatoms. The van der Waals surface area contributed by atoms with Crippen LogP contribution in [0.2, 0.25) is 0 Å². The van der Waals surface area contributed by atoms with Crippen LogP contribution in [0.3, 0.4) is 0 Å². The third-order valence-electron chi connectivity index (χ3n) is 2.52. The fourth-order valence-corrected chi connectivity index (χ4v) is 1.61. The maximum absolute atomic E-state index is 10.8. The molecule has 0 spiro atoms. The monoisotopic (exact) mass is 196 g/mol. The first-order chi connectivity index (χ1) is 7.31. The van der Waals surface area contributed by atoms with E-state index in [1.807, 2.05) is 48.6 Å². The SMILES string of the molecule is C=C1C=CC(c2ccccc2)=CC1C=O. The number of carbonyl (C=O) groups is 1. The van der Waals surface area contributed by atoms with Gasteiger partial charge >= 0.3 is 0 Å². The van der Waals surface area contributed by atoms with Gasteiger partial charge < -0.3 is 4.79 Å². The Kier molecular flexibility index (Phi) is 2.64. The van der Waals surface area contributed by atoms with Crippen molar-refractivity contribution in [2.75, 3.05) is 0 Å². The Hall–Kier alpha value is -1.89. The topological polar surface area (TPSA) is 17.1 Å². The Morgan fingerprint density at radius 3 is 2.53 bits per heavy atom. The van der Waals surface area contributed by atoms with Crippen molar-refractivity contribution in [3.8, 4) is 0 Å². The van der Waals surface area contributed by atoms with Crippen LogP contribution in [0.25, 0.3) is 5.57 Å².